The Labute approximate surface area is 86.5 Å². The van der Waals surface area contributed by atoms with Gasteiger partial charge in [-0.25, -0.2) is 8.99 Å². The first-order chi connectivity index (χ1) is 6.10. The van der Waals surface area contributed by atoms with Crippen LogP contribution in [0.25, 0.3) is 0 Å². The molecule has 2 nitrogen and oxygen atoms in total. The van der Waals surface area contributed by atoms with Crippen LogP contribution in [0.3, 0.4) is 0 Å². The summed E-state index contributed by atoms with van der Waals surface area (Å²) < 4.78 is 20.6. The summed E-state index contributed by atoms with van der Waals surface area (Å²) >= 11 is 3.32. The molecule has 1 fully saturated rings. The predicted octanol–water partition coefficient (Wildman–Crippen LogP) is 3.02. The van der Waals surface area contributed by atoms with Gasteiger partial charge in [0.25, 0.3) is 0 Å². The van der Waals surface area contributed by atoms with Crippen molar-refractivity contribution in [3.05, 3.63) is 28.7 Å². The highest BCUT2D eigenvalue weighted by atomic mass is 79.9. The minimum atomic E-state index is -2.52. The average Bonchev–Trinajstić information content (AvgIpc) is 2.86. The van der Waals surface area contributed by atoms with Crippen molar-refractivity contribution in [2.24, 2.45) is 0 Å². The van der Waals surface area contributed by atoms with Crippen molar-refractivity contribution < 1.29 is 4.21 Å². The van der Waals surface area contributed by atoms with Crippen LogP contribution in [0.5, 0.6) is 0 Å². The van der Waals surface area contributed by atoms with Gasteiger partial charge in [0.15, 0.2) is 0 Å². The smallest absolute Gasteiger partial charge is 0.0755 e. The molecular formula is C9H10BrNOS. The second-order valence-corrected chi connectivity index (χ2v) is 6.51. The van der Waals surface area contributed by atoms with Crippen molar-refractivity contribution in [3.8, 4) is 0 Å². The third-order valence-electron chi connectivity index (χ3n) is 2.14. The molecule has 0 heterocycles. The van der Waals surface area contributed by atoms with Crippen molar-refractivity contribution in [2.45, 2.75) is 23.0 Å². The third-order valence-corrected chi connectivity index (χ3v) is 5.00. The van der Waals surface area contributed by atoms with Gasteiger partial charge in [-0.3, -0.25) is 0 Å². The minimum absolute atomic E-state index is 0.0989. The van der Waals surface area contributed by atoms with Crippen LogP contribution in [0.2, 0.25) is 0 Å². The molecule has 13 heavy (non-hydrogen) atoms. The molecule has 1 aliphatic rings. The lowest BCUT2D eigenvalue weighted by Crippen LogP contribution is -2.04. The largest absolute Gasteiger partial charge is 0.249 e. The molecule has 2 rings (SSSR count). The summed E-state index contributed by atoms with van der Waals surface area (Å²) in [6.45, 7) is 0. The summed E-state index contributed by atoms with van der Waals surface area (Å²) in [5.74, 6) is 0. The zero-order chi connectivity index (χ0) is 9.47. The second kappa shape index (κ2) is 3.10. The highest BCUT2D eigenvalue weighted by molar-refractivity contribution is 9.10. The maximum atomic E-state index is 11.9. The number of hydrogen-bond acceptors (Lipinski definition) is 2. The van der Waals surface area contributed by atoms with E-state index in [9.17, 15) is 4.21 Å². The molecule has 0 spiro atoms. The molecule has 0 saturated heterocycles. The number of halogens is 1. The fourth-order valence-corrected chi connectivity index (χ4v) is 3.57. The van der Waals surface area contributed by atoms with Gasteiger partial charge in [-0.15, -0.1) is 0 Å². The maximum absolute atomic E-state index is 11.9. The van der Waals surface area contributed by atoms with E-state index in [0.29, 0.717) is 4.90 Å². The number of rotatable bonds is 2. The molecule has 1 N–H and O–H groups in total. The fourth-order valence-electron chi connectivity index (χ4n) is 1.25. The van der Waals surface area contributed by atoms with Crippen LogP contribution >= 0.6 is 15.9 Å². The third kappa shape index (κ3) is 1.79. The summed E-state index contributed by atoms with van der Waals surface area (Å²) in [5, 5.41) is 0.0989. The molecule has 0 aliphatic heterocycles. The second-order valence-electron chi connectivity index (χ2n) is 3.26. The van der Waals surface area contributed by atoms with Crippen molar-refractivity contribution in [1.82, 2.24) is 0 Å². The first-order valence-electron chi connectivity index (χ1n) is 4.14. The van der Waals surface area contributed by atoms with Gasteiger partial charge in [-0.2, -0.15) is 0 Å². The Bertz CT molecular complexity index is 423. The monoisotopic (exact) mass is 259 g/mol. The predicted molar refractivity (Wildman–Crippen MR) is 56.3 cm³/mol. The summed E-state index contributed by atoms with van der Waals surface area (Å²) in [4.78, 5) is 0.657. The standard InChI is InChI=1S/C9H10BrNOS/c10-7-2-1-3-9(6-7)13(11,12)8-4-5-8/h1-3,6,8,11H,4-5H2. The Morgan fingerprint density at radius 1 is 1.46 bits per heavy atom. The van der Waals surface area contributed by atoms with Gasteiger partial charge in [-0.05, 0) is 31.0 Å². The molecule has 4 heteroatoms. The van der Waals surface area contributed by atoms with Gasteiger partial charge in [0.2, 0.25) is 0 Å². The molecule has 70 valence electrons. The lowest BCUT2D eigenvalue weighted by atomic mass is 10.4. The quantitative estimate of drug-likeness (QED) is 0.872. The summed E-state index contributed by atoms with van der Waals surface area (Å²) in [7, 11) is -2.52. The Morgan fingerprint density at radius 2 is 2.15 bits per heavy atom. The molecule has 0 aromatic heterocycles. The maximum Gasteiger partial charge on any atom is 0.0755 e. The number of nitrogens with one attached hydrogen (secondary N) is 1. The van der Waals surface area contributed by atoms with Crippen LogP contribution in [-0.4, -0.2) is 9.46 Å². The first-order valence-corrected chi connectivity index (χ1v) is 6.55. The van der Waals surface area contributed by atoms with Crippen molar-refractivity contribution in [3.63, 3.8) is 0 Å². The molecule has 0 radical (unpaired) electrons. The SMILES string of the molecule is N=S(=O)(c1cccc(Br)c1)C1CC1. The van der Waals surface area contributed by atoms with Gasteiger partial charge in [-0.1, -0.05) is 22.0 Å². The molecular weight excluding hydrogens is 250 g/mol. The van der Waals surface area contributed by atoms with Gasteiger partial charge in [0.1, 0.15) is 0 Å². The van der Waals surface area contributed by atoms with E-state index in [1.54, 1.807) is 12.1 Å². The van der Waals surface area contributed by atoms with Crippen molar-refractivity contribution in [1.29, 1.82) is 4.78 Å². The molecule has 1 saturated carbocycles. The van der Waals surface area contributed by atoms with Gasteiger partial charge in [0.05, 0.1) is 9.73 Å². The zero-order valence-electron chi connectivity index (χ0n) is 7.00. The van der Waals surface area contributed by atoms with E-state index < -0.39 is 9.73 Å². The van der Waals surface area contributed by atoms with Crippen LogP contribution < -0.4 is 0 Å². The Morgan fingerprint density at radius 3 is 2.69 bits per heavy atom. The van der Waals surface area contributed by atoms with Crippen molar-refractivity contribution >= 4 is 25.7 Å². The summed E-state index contributed by atoms with van der Waals surface area (Å²) in [6.07, 6.45) is 1.88. The average molecular weight is 260 g/mol. The van der Waals surface area contributed by atoms with Crippen LogP contribution in [-0.2, 0) is 9.73 Å². The van der Waals surface area contributed by atoms with Crippen LogP contribution in [0, 0.1) is 4.78 Å². The molecule has 0 bridgehead atoms. The normalized spacial score (nSPS) is 21.0. The van der Waals surface area contributed by atoms with Crippen LogP contribution in [0.15, 0.2) is 33.6 Å². The van der Waals surface area contributed by atoms with E-state index in [-0.39, 0.29) is 5.25 Å². The fraction of sp³-hybridized carbons (Fsp3) is 0.333. The highest BCUT2D eigenvalue weighted by Crippen LogP contribution is 2.34. The summed E-state index contributed by atoms with van der Waals surface area (Å²) in [6, 6.07) is 7.27. The molecule has 1 aromatic rings. The van der Waals surface area contributed by atoms with E-state index in [4.69, 9.17) is 4.78 Å². The lowest BCUT2D eigenvalue weighted by molar-refractivity contribution is 0.673. The molecule has 1 unspecified atom stereocenters. The lowest BCUT2D eigenvalue weighted by Gasteiger charge is -2.05. The summed E-state index contributed by atoms with van der Waals surface area (Å²) in [5.41, 5.74) is 0. The zero-order valence-corrected chi connectivity index (χ0v) is 9.40. The topological polar surface area (TPSA) is 40.9 Å². The minimum Gasteiger partial charge on any atom is -0.249 e. The van der Waals surface area contributed by atoms with Gasteiger partial charge < -0.3 is 0 Å². The molecule has 1 aromatic carbocycles. The van der Waals surface area contributed by atoms with E-state index >= 15 is 0 Å². The van der Waals surface area contributed by atoms with E-state index in [1.165, 1.54) is 0 Å². The number of hydrogen-bond donors (Lipinski definition) is 1. The molecule has 1 atom stereocenters. The highest BCUT2D eigenvalue weighted by Gasteiger charge is 2.33. The number of benzene rings is 1. The van der Waals surface area contributed by atoms with E-state index in [1.807, 2.05) is 12.1 Å². The van der Waals surface area contributed by atoms with Crippen LogP contribution in [0.4, 0.5) is 0 Å². The van der Waals surface area contributed by atoms with Gasteiger partial charge >= 0.3 is 0 Å². The van der Waals surface area contributed by atoms with Crippen LogP contribution in [0.1, 0.15) is 12.8 Å². The Hall–Kier alpha value is -0.350. The first kappa shape index (κ1) is 9.21. The van der Waals surface area contributed by atoms with E-state index in [0.717, 1.165) is 17.3 Å². The Balaban J connectivity index is 2.45. The van der Waals surface area contributed by atoms with E-state index in [2.05, 4.69) is 15.9 Å². The van der Waals surface area contributed by atoms with Crippen molar-refractivity contribution in [2.75, 3.05) is 0 Å². The molecule has 1 aliphatic carbocycles. The molecule has 0 amide bonds. The van der Waals surface area contributed by atoms with Gasteiger partial charge in [0, 0.05) is 14.6 Å². The Kier molecular flexibility index (Phi) is 2.20.